The van der Waals surface area contributed by atoms with E-state index in [0.29, 0.717) is 11.3 Å². The lowest BCUT2D eigenvalue weighted by Gasteiger charge is -2.41. The number of carbonyl (C=O) groups is 1. The number of amides is 1. The average molecular weight is 500 g/mol. The fourth-order valence-electron chi connectivity index (χ4n) is 3.37. The molecule has 0 aromatic heterocycles. The molecule has 0 unspecified atom stereocenters. The number of ether oxygens (including phenoxy) is 1. The van der Waals surface area contributed by atoms with E-state index in [-0.39, 0.29) is 10.9 Å². The smallest absolute Gasteiger partial charge is 0.460 e. The summed E-state index contributed by atoms with van der Waals surface area (Å²) in [5.41, 5.74) is -4.52. The van der Waals surface area contributed by atoms with E-state index in [1.807, 2.05) is 19.9 Å². The van der Waals surface area contributed by atoms with E-state index in [4.69, 9.17) is 4.74 Å². The molecule has 1 amide bonds. The topological polar surface area (TPSA) is 62.1 Å². The zero-order chi connectivity index (χ0) is 26.5. The fourth-order valence-corrected chi connectivity index (χ4v) is 3.37. The third-order valence-electron chi connectivity index (χ3n) is 5.68. The zero-order valence-corrected chi connectivity index (χ0v) is 19.5. The second-order valence-electron chi connectivity index (χ2n) is 9.63. The highest BCUT2D eigenvalue weighted by Crippen LogP contribution is 2.51. The maximum absolute atomic E-state index is 14.3. The molecule has 1 heterocycles. The van der Waals surface area contributed by atoms with Gasteiger partial charge in [0.1, 0.15) is 11.5 Å². The van der Waals surface area contributed by atoms with Crippen LogP contribution in [0.15, 0.2) is 23.3 Å². The number of rotatable bonds is 6. The SMILES string of the molecule is Cc1ccc(C(C)C)c(OCC(=O)N2N=C(C(F)(F)C(F)(F)C(F)(F)F)C[C@@]2(O)C(C)(C)C)c1. The maximum Gasteiger partial charge on any atom is 0.460 e. The van der Waals surface area contributed by atoms with E-state index < -0.39 is 53.8 Å². The Morgan fingerprint density at radius 3 is 2.18 bits per heavy atom. The summed E-state index contributed by atoms with van der Waals surface area (Å²) in [4.78, 5) is 12.8. The molecular formula is C22H27F7N2O3. The van der Waals surface area contributed by atoms with Crippen LogP contribution in [-0.2, 0) is 4.79 Å². The summed E-state index contributed by atoms with van der Waals surface area (Å²) in [6.07, 6.45) is -8.00. The standard InChI is InChI=1S/C22H27F7N2O3/c1-12(2)14-8-7-13(3)9-15(14)34-11-17(32)31-19(33,18(4,5)6)10-16(30-31)20(23,24)21(25,26)22(27,28)29/h7-9,12,33H,10-11H2,1-6H3/t19-/m1/s1. The van der Waals surface area contributed by atoms with E-state index in [0.717, 1.165) is 5.56 Å². The van der Waals surface area contributed by atoms with Gasteiger partial charge in [0.15, 0.2) is 12.3 Å². The minimum absolute atomic E-state index is 0.0167. The number of carbonyl (C=O) groups excluding carboxylic acids is 1. The van der Waals surface area contributed by atoms with E-state index in [1.54, 1.807) is 19.1 Å². The third-order valence-corrected chi connectivity index (χ3v) is 5.68. The second kappa shape index (κ2) is 8.69. The molecule has 1 atom stereocenters. The van der Waals surface area contributed by atoms with Crippen molar-refractivity contribution in [2.45, 2.75) is 77.6 Å². The average Bonchev–Trinajstić information content (AvgIpc) is 3.04. The van der Waals surface area contributed by atoms with Gasteiger partial charge in [-0.1, -0.05) is 46.8 Å². The monoisotopic (exact) mass is 500 g/mol. The lowest BCUT2D eigenvalue weighted by Crippen LogP contribution is -2.58. The van der Waals surface area contributed by atoms with Crippen LogP contribution in [0.25, 0.3) is 0 Å². The summed E-state index contributed by atoms with van der Waals surface area (Å²) < 4.78 is 99.3. The van der Waals surface area contributed by atoms with Gasteiger partial charge < -0.3 is 9.84 Å². The molecule has 0 aliphatic carbocycles. The Morgan fingerprint density at radius 2 is 1.71 bits per heavy atom. The molecule has 34 heavy (non-hydrogen) atoms. The van der Waals surface area contributed by atoms with Gasteiger partial charge in [-0.2, -0.15) is 40.8 Å². The number of benzene rings is 1. The Balaban J connectivity index is 2.44. The first-order valence-electron chi connectivity index (χ1n) is 10.4. The van der Waals surface area contributed by atoms with Gasteiger partial charge in [0, 0.05) is 11.8 Å². The van der Waals surface area contributed by atoms with Gasteiger partial charge >= 0.3 is 18.0 Å². The van der Waals surface area contributed by atoms with Crippen molar-refractivity contribution in [2.75, 3.05) is 6.61 Å². The Hall–Kier alpha value is -2.37. The van der Waals surface area contributed by atoms with Crippen LogP contribution in [0.3, 0.4) is 0 Å². The van der Waals surface area contributed by atoms with Crippen molar-refractivity contribution >= 4 is 11.6 Å². The van der Waals surface area contributed by atoms with E-state index in [9.17, 15) is 40.6 Å². The Morgan fingerprint density at radius 1 is 1.15 bits per heavy atom. The van der Waals surface area contributed by atoms with E-state index in [1.165, 1.54) is 20.8 Å². The van der Waals surface area contributed by atoms with Crippen LogP contribution in [0.2, 0.25) is 0 Å². The molecule has 0 bridgehead atoms. The number of aliphatic hydroxyl groups is 1. The van der Waals surface area contributed by atoms with Gasteiger partial charge in [-0.15, -0.1) is 0 Å². The summed E-state index contributed by atoms with van der Waals surface area (Å²) >= 11 is 0. The third kappa shape index (κ3) is 4.73. The van der Waals surface area contributed by atoms with Crippen molar-refractivity contribution in [3.05, 3.63) is 29.3 Å². The minimum atomic E-state index is -6.59. The number of aryl methyl sites for hydroxylation is 1. The number of halogens is 7. The normalized spacial score (nSPS) is 20.1. The van der Waals surface area contributed by atoms with Crippen molar-refractivity contribution in [1.82, 2.24) is 5.01 Å². The highest BCUT2D eigenvalue weighted by Gasteiger charge is 2.76. The second-order valence-corrected chi connectivity index (χ2v) is 9.63. The molecule has 0 saturated heterocycles. The molecule has 1 aliphatic rings. The van der Waals surface area contributed by atoms with Crippen molar-refractivity contribution < 1.29 is 45.4 Å². The predicted molar refractivity (Wildman–Crippen MR) is 110 cm³/mol. The highest BCUT2D eigenvalue weighted by atomic mass is 19.4. The quantitative estimate of drug-likeness (QED) is 0.514. The Bertz CT molecular complexity index is 968. The molecule has 1 aromatic rings. The molecule has 0 spiro atoms. The zero-order valence-electron chi connectivity index (χ0n) is 19.5. The molecule has 5 nitrogen and oxygen atoms in total. The molecule has 2 rings (SSSR count). The first-order chi connectivity index (χ1) is 15.2. The molecule has 1 aliphatic heterocycles. The largest absolute Gasteiger partial charge is 0.483 e. The minimum Gasteiger partial charge on any atom is -0.483 e. The Labute approximate surface area is 192 Å². The maximum atomic E-state index is 14.3. The van der Waals surface area contributed by atoms with Gasteiger partial charge in [0.25, 0.3) is 5.91 Å². The van der Waals surface area contributed by atoms with Gasteiger partial charge in [0.2, 0.25) is 0 Å². The van der Waals surface area contributed by atoms with Crippen molar-refractivity contribution in [1.29, 1.82) is 0 Å². The van der Waals surface area contributed by atoms with Crippen LogP contribution < -0.4 is 4.74 Å². The lowest BCUT2D eigenvalue weighted by molar-refractivity contribution is -0.336. The summed E-state index contributed by atoms with van der Waals surface area (Å²) in [6.45, 7) is 8.53. The van der Waals surface area contributed by atoms with Crippen molar-refractivity contribution in [3.8, 4) is 5.75 Å². The van der Waals surface area contributed by atoms with Crippen molar-refractivity contribution in [2.24, 2.45) is 10.5 Å². The summed E-state index contributed by atoms with van der Waals surface area (Å²) in [5, 5.41) is 14.2. The van der Waals surface area contributed by atoms with Crippen LogP contribution in [0.5, 0.6) is 5.75 Å². The molecule has 0 saturated carbocycles. The molecule has 192 valence electrons. The highest BCUT2D eigenvalue weighted by molar-refractivity contribution is 5.96. The molecule has 1 aromatic carbocycles. The van der Waals surface area contributed by atoms with Crippen LogP contribution in [-0.4, -0.2) is 52.1 Å². The van der Waals surface area contributed by atoms with Gasteiger partial charge in [0.05, 0.1) is 0 Å². The van der Waals surface area contributed by atoms with Crippen LogP contribution in [0.1, 0.15) is 58.1 Å². The van der Waals surface area contributed by atoms with Crippen LogP contribution in [0.4, 0.5) is 30.7 Å². The predicted octanol–water partition coefficient (Wildman–Crippen LogP) is 5.65. The number of hydrogen-bond donors (Lipinski definition) is 1. The molecule has 1 N–H and O–H groups in total. The molecule has 0 radical (unpaired) electrons. The molecular weight excluding hydrogens is 473 g/mol. The Kier molecular flexibility index (Phi) is 7.12. The first-order valence-corrected chi connectivity index (χ1v) is 10.4. The van der Waals surface area contributed by atoms with Crippen molar-refractivity contribution in [3.63, 3.8) is 0 Å². The number of nitrogens with zero attached hydrogens (tertiary/aromatic N) is 2. The van der Waals surface area contributed by atoms with E-state index >= 15 is 0 Å². The van der Waals surface area contributed by atoms with E-state index in [2.05, 4.69) is 5.10 Å². The van der Waals surface area contributed by atoms with Gasteiger partial charge in [-0.3, -0.25) is 4.79 Å². The summed E-state index contributed by atoms with van der Waals surface area (Å²) in [7, 11) is 0. The molecule has 12 heteroatoms. The summed E-state index contributed by atoms with van der Waals surface area (Å²) in [6, 6.07) is 5.19. The lowest BCUT2D eigenvalue weighted by atomic mass is 9.79. The van der Waals surface area contributed by atoms with Crippen LogP contribution >= 0.6 is 0 Å². The number of alkyl halides is 7. The molecule has 0 fully saturated rings. The summed E-state index contributed by atoms with van der Waals surface area (Å²) in [5.74, 6) is -13.2. The fraction of sp³-hybridized carbons (Fsp3) is 0.636. The number of hydrogen-bond acceptors (Lipinski definition) is 4. The first kappa shape index (κ1) is 27.9. The number of hydrazone groups is 1. The van der Waals surface area contributed by atoms with Gasteiger partial charge in [-0.05, 0) is 30.0 Å². The van der Waals surface area contributed by atoms with Crippen LogP contribution in [0, 0.1) is 12.3 Å². The van der Waals surface area contributed by atoms with Gasteiger partial charge in [-0.25, -0.2) is 0 Å².